The first-order valence-corrected chi connectivity index (χ1v) is 13.4. The zero-order valence-corrected chi connectivity index (χ0v) is 21.6. The highest BCUT2D eigenvalue weighted by atomic mass is 15.0. The van der Waals surface area contributed by atoms with Crippen molar-refractivity contribution < 1.29 is 0 Å². The van der Waals surface area contributed by atoms with Crippen molar-refractivity contribution in [3.05, 3.63) is 139 Å². The minimum atomic E-state index is 0.0295. The molecule has 0 radical (unpaired) electrons. The largest absolute Gasteiger partial charge is 0.309 e. The molecular formula is C37H27N. The van der Waals surface area contributed by atoms with Crippen LogP contribution in [0.3, 0.4) is 0 Å². The quantitative estimate of drug-likeness (QED) is 0.230. The molecule has 0 fully saturated rings. The second kappa shape index (κ2) is 7.69. The summed E-state index contributed by atoms with van der Waals surface area (Å²) in [7, 11) is 0. The van der Waals surface area contributed by atoms with Crippen LogP contribution >= 0.6 is 0 Å². The number of hydrogen-bond acceptors (Lipinski definition) is 0. The molecule has 38 heavy (non-hydrogen) atoms. The van der Waals surface area contributed by atoms with E-state index in [9.17, 15) is 0 Å². The van der Waals surface area contributed by atoms with Crippen LogP contribution in [0.15, 0.2) is 127 Å². The first kappa shape index (κ1) is 21.5. The first-order chi connectivity index (χ1) is 18.6. The summed E-state index contributed by atoms with van der Waals surface area (Å²) in [6.07, 6.45) is 0. The van der Waals surface area contributed by atoms with Gasteiger partial charge in [-0.25, -0.2) is 0 Å². The highest BCUT2D eigenvalue weighted by Crippen LogP contribution is 2.49. The predicted molar refractivity (Wildman–Crippen MR) is 161 cm³/mol. The van der Waals surface area contributed by atoms with Crippen molar-refractivity contribution in [1.29, 1.82) is 0 Å². The van der Waals surface area contributed by atoms with Crippen LogP contribution in [0.5, 0.6) is 0 Å². The van der Waals surface area contributed by atoms with Crippen molar-refractivity contribution in [3.63, 3.8) is 0 Å². The Bertz CT molecular complexity index is 2050. The maximum absolute atomic E-state index is 2.41. The van der Waals surface area contributed by atoms with Crippen LogP contribution < -0.4 is 0 Å². The van der Waals surface area contributed by atoms with E-state index < -0.39 is 0 Å². The highest BCUT2D eigenvalue weighted by molar-refractivity contribution is 6.10. The van der Waals surface area contributed by atoms with E-state index in [-0.39, 0.29) is 5.41 Å². The maximum atomic E-state index is 2.41. The van der Waals surface area contributed by atoms with E-state index in [0.29, 0.717) is 0 Å². The fraction of sp³-hybridized carbons (Fsp3) is 0.0811. The fourth-order valence-corrected chi connectivity index (χ4v) is 6.65. The van der Waals surface area contributed by atoms with Crippen molar-refractivity contribution in [2.24, 2.45) is 0 Å². The Morgan fingerprint density at radius 3 is 2.08 bits per heavy atom. The molecule has 0 unspecified atom stereocenters. The minimum absolute atomic E-state index is 0.0295. The van der Waals surface area contributed by atoms with E-state index in [4.69, 9.17) is 0 Å². The molecule has 1 heteroatoms. The Balaban J connectivity index is 1.33. The summed E-state index contributed by atoms with van der Waals surface area (Å²) in [6, 6.07) is 47.0. The molecule has 0 N–H and O–H groups in total. The monoisotopic (exact) mass is 485 g/mol. The third kappa shape index (κ3) is 2.93. The van der Waals surface area contributed by atoms with Gasteiger partial charge in [0.25, 0.3) is 0 Å². The van der Waals surface area contributed by atoms with Crippen LogP contribution in [0, 0.1) is 0 Å². The van der Waals surface area contributed by atoms with E-state index in [1.165, 1.54) is 71.6 Å². The Hall–Kier alpha value is -4.62. The van der Waals surface area contributed by atoms with E-state index in [2.05, 4.69) is 146 Å². The van der Waals surface area contributed by atoms with Gasteiger partial charge in [-0.3, -0.25) is 0 Å². The number of fused-ring (bicyclic) bond motifs is 7. The number of nitrogens with zero attached hydrogens (tertiary/aromatic N) is 1. The van der Waals surface area contributed by atoms with E-state index in [1.807, 2.05) is 0 Å². The summed E-state index contributed by atoms with van der Waals surface area (Å²) in [5.41, 5.74) is 11.8. The van der Waals surface area contributed by atoms with Crippen molar-refractivity contribution in [2.45, 2.75) is 19.3 Å². The molecule has 6 aromatic carbocycles. The second-order valence-corrected chi connectivity index (χ2v) is 11.0. The molecule has 0 saturated carbocycles. The molecule has 1 aliphatic carbocycles. The molecule has 1 aliphatic rings. The van der Waals surface area contributed by atoms with Gasteiger partial charge in [-0.1, -0.05) is 105 Å². The van der Waals surface area contributed by atoms with Gasteiger partial charge in [-0.15, -0.1) is 0 Å². The van der Waals surface area contributed by atoms with Crippen LogP contribution in [-0.2, 0) is 5.41 Å². The van der Waals surface area contributed by atoms with Gasteiger partial charge in [0, 0.05) is 21.9 Å². The highest BCUT2D eigenvalue weighted by Gasteiger charge is 2.35. The Morgan fingerprint density at radius 2 is 1.16 bits per heavy atom. The maximum Gasteiger partial charge on any atom is 0.0541 e. The summed E-state index contributed by atoms with van der Waals surface area (Å²) in [5, 5.41) is 5.09. The van der Waals surface area contributed by atoms with Gasteiger partial charge in [-0.05, 0) is 80.6 Å². The van der Waals surface area contributed by atoms with Crippen LogP contribution in [-0.4, -0.2) is 4.57 Å². The zero-order chi connectivity index (χ0) is 25.4. The van der Waals surface area contributed by atoms with Crippen molar-refractivity contribution in [1.82, 2.24) is 4.57 Å². The predicted octanol–water partition coefficient (Wildman–Crippen LogP) is 9.91. The van der Waals surface area contributed by atoms with Crippen LogP contribution in [0.25, 0.3) is 60.5 Å². The lowest BCUT2D eigenvalue weighted by Crippen LogP contribution is -2.14. The van der Waals surface area contributed by atoms with Crippen LogP contribution in [0.2, 0.25) is 0 Å². The summed E-state index contributed by atoms with van der Waals surface area (Å²) >= 11 is 0. The molecule has 1 aromatic heterocycles. The Kier molecular flexibility index (Phi) is 4.35. The van der Waals surface area contributed by atoms with Gasteiger partial charge in [0.1, 0.15) is 0 Å². The van der Waals surface area contributed by atoms with Gasteiger partial charge >= 0.3 is 0 Å². The van der Waals surface area contributed by atoms with Gasteiger partial charge in [0.2, 0.25) is 0 Å². The van der Waals surface area contributed by atoms with E-state index in [0.717, 1.165) is 0 Å². The van der Waals surface area contributed by atoms with Gasteiger partial charge in [0.15, 0.2) is 0 Å². The fourth-order valence-electron chi connectivity index (χ4n) is 6.65. The average molecular weight is 486 g/mol. The second-order valence-electron chi connectivity index (χ2n) is 11.0. The SMILES string of the molecule is CC1(C)c2ccccc2-c2cc(-c3ccc4c(c3)c3ccccc3n4-c3ccc4ccccc4c3)ccc21. The zero-order valence-electron chi connectivity index (χ0n) is 21.6. The molecule has 0 saturated heterocycles. The molecule has 0 aliphatic heterocycles. The van der Waals surface area contributed by atoms with Crippen molar-refractivity contribution in [3.8, 4) is 27.9 Å². The molecule has 1 heterocycles. The molecule has 8 rings (SSSR count). The molecule has 180 valence electrons. The number of rotatable bonds is 2. The third-order valence-corrected chi connectivity index (χ3v) is 8.58. The van der Waals surface area contributed by atoms with Gasteiger partial charge in [0.05, 0.1) is 11.0 Å². The minimum Gasteiger partial charge on any atom is -0.309 e. The summed E-state index contributed by atoms with van der Waals surface area (Å²) in [6.45, 7) is 4.68. The lowest BCUT2D eigenvalue weighted by molar-refractivity contribution is 0.660. The molecule has 0 bridgehead atoms. The molecular weight excluding hydrogens is 458 g/mol. The number of benzene rings is 6. The normalized spacial score (nSPS) is 13.7. The molecule has 0 amide bonds. The number of para-hydroxylation sites is 1. The first-order valence-electron chi connectivity index (χ1n) is 13.4. The van der Waals surface area contributed by atoms with Crippen molar-refractivity contribution in [2.75, 3.05) is 0 Å². The van der Waals surface area contributed by atoms with E-state index >= 15 is 0 Å². The lowest BCUT2D eigenvalue weighted by atomic mass is 9.82. The van der Waals surface area contributed by atoms with Crippen LogP contribution in [0.1, 0.15) is 25.0 Å². The summed E-state index contributed by atoms with van der Waals surface area (Å²) in [5.74, 6) is 0. The molecule has 0 atom stereocenters. The summed E-state index contributed by atoms with van der Waals surface area (Å²) < 4.78 is 2.41. The molecule has 7 aromatic rings. The Morgan fingerprint density at radius 1 is 0.474 bits per heavy atom. The average Bonchev–Trinajstić information content (AvgIpc) is 3.41. The topological polar surface area (TPSA) is 4.93 Å². The number of aromatic nitrogens is 1. The smallest absolute Gasteiger partial charge is 0.0541 e. The standard InChI is InChI=1S/C37H27N/c1-37(2)33-13-7-5-11-29(33)31-22-26(16-19-34(31)37)27-17-20-36-32(23-27)30-12-6-8-14-35(30)38(36)28-18-15-24-9-3-4-10-25(24)21-28/h3-23H,1-2H3. The number of hydrogen-bond donors (Lipinski definition) is 0. The molecule has 0 spiro atoms. The summed E-state index contributed by atoms with van der Waals surface area (Å²) in [4.78, 5) is 0. The lowest BCUT2D eigenvalue weighted by Gasteiger charge is -2.21. The molecule has 1 nitrogen and oxygen atoms in total. The van der Waals surface area contributed by atoms with Gasteiger partial charge in [-0.2, -0.15) is 0 Å². The van der Waals surface area contributed by atoms with Crippen molar-refractivity contribution >= 4 is 32.6 Å². The van der Waals surface area contributed by atoms with Gasteiger partial charge < -0.3 is 4.57 Å². The van der Waals surface area contributed by atoms with E-state index in [1.54, 1.807) is 0 Å². The Labute approximate surface area is 222 Å². The van der Waals surface area contributed by atoms with Crippen LogP contribution in [0.4, 0.5) is 0 Å². The third-order valence-electron chi connectivity index (χ3n) is 8.58.